The third kappa shape index (κ3) is 5.63. The van der Waals surface area contributed by atoms with Crippen molar-refractivity contribution in [1.82, 2.24) is 15.5 Å². The van der Waals surface area contributed by atoms with E-state index in [0.717, 1.165) is 43.9 Å². The van der Waals surface area contributed by atoms with Gasteiger partial charge in [-0.3, -0.25) is 4.99 Å². The number of nitrogens with zero attached hydrogens (tertiary/aromatic N) is 2. The highest BCUT2D eigenvalue weighted by Gasteiger charge is 2.23. The number of guanidine groups is 1. The monoisotopic (exact) mass is 358 g/mol. The minimum atomic E-state index is 0.713. The molecule has 0 amide bonds. The van der Waals surface area contributed by atoms with Crippen molar-refractivity contribution < 1.29 is 4.74 Å². The van der Waals surface area contributed by atoms with Crippen molar-refractivity contribution in [3.63, 3.8) is 0 Å². The van der Waals surface area contributed by atoms with Gasteiger partial charge in [-0.25, -0.2) is 0 Å². The van der Waals surface area contributed by atoms with Gasteiger partial charge in [0.1, 0.15) is 5.75 Å². The van der Waals surface area contributed by atoms with Crippen molar-refractivity contribution in [2.75, 3.05) is 39.8 Å². The van der Waals surface area contributed by atoms with Gasteiger partial charge in [0.25, 0.3) is 0 Å². The summed E-state index contributed by atoms with van der Waals surface area (Å²) < 4.78 is 6.07. The third-order valence-electron chi connectivity index (χ3n) is 5.44. The molecule has 1 saturated heterocycles. The van der Waals surface area contributed by atoms with Crippen LogP contribution in [0.3, 0.4) is 0 Å². The van der Waals surface area contributed by atoms with Crippen LogP contribution in [0.1, 0.15) is 37.3 Å². The lowest BCUT2D eigenvalue weighted by Crippen LogP contribution is -2.40. The zero-order valence-electron chi connectivity index (χ0n) is 16.6. The molecule has 5 heteroatoms. The Morgan fingerprint density at radius 3 is 2.77 bits per heavy atom. The third-order valence-corrected chi connectivity index (χ3v) is 5.44. The molecule has 3 rings (SSSR count). The summed E-state index contributed by atoms with van der Waals surface area (Å²) >= 11 is 0. The summed E-state index contributed by atoms with van der Waals surface area (Å²) in [5.74, 6) is 3.35. The topological polar surface area (TPSA) is 48.9 Å². The molecule has 5 nitrogen and oxygen atoms in total. The highest BCUT2D eigenvalue weighted by molar-refractivity contribution is 5.79. The Balaban J connectivity index is 1.48. The number of benzene rings is 1. The van der Waals surface area contributed by atoms with Crippen LogP contribution in [0.15, 0.2) is 23.2 Å². The van der Waals surface area contributed by atoms with Gasteiger partial charge in [-0.15, -0.1) is 0 Å². The number of hydrogen-bond donors (Lipinski definition) is 2. The van der Waals surface area contributed by atoms with Crippen LogP contribution in [0.2, 0.25) is 0 Å². The molecule has 1 saturated carbocycles. The summed E-state index contributed by atoms with van der Waals surface area (Å²) in [5.41, 5.74) is 2.43. The van der Waals surface area contributed by atoms with E-state index < -0.39 is 0 Å². The molecule has 1 aromatic rings. The second-order valence-electron chi connectivity index (χ2n) is 7.72. The fraction of sp³-hybridized carbons (Fsp3) is 0.667. The molecule has 2 aliphatic rings. The molecule has 1 atom stereocenters. The molecule has 1 unspecified atom stereocenters. The molecule has 0 bridgehead atoms. The minimum Gasteiger partial charge on any atom is -0.493 e. The van der Waals surface area contributed by atoms with Gasteiger partial charge in [-0.05, 0) is 62.7 Å². The van der Waals surface area contributed by atoms with Crippen LogP contribution in [0.25, 0.3) is 0 Å². The molecule has 2 N–H and O–H groups in total. The Morgan fingerprint density at radius 2 is 2.08 bits per heavy atom. The zero-order valence-corrected chi connectivity index (χ0v) is 16.6. The molecule has 1 aromatic carbocycles. The molecule has 1 heterocycles. The van der Waals surface area contributed by atoms with E-state index >= 15 is 0 Å². The molecule has 1 aliphatic heterocycles. The Morgan fingerprint density at radius 1 is 1.23 bits per heavy atom. The second-order valence-corrected chi connectivity index (χ2v) is 7.72. The Labute approximate surface area is 158 Å². The summed E-state index contributed by atoms with van der Waals surface area (Å²) in [4.78, 5) is 6.89. The summed E-state index contributed by atoms with van der Waals surface area (Å²) in [7, 11) is 1.84. The van der Waals surface area contributed by atoms with E-state index in [0.29, 0.717) is 5.92 Å². The SMILES string of the molecule is CCN1CCC(CNC(=NC)NCc2ccc(C)cc2OCC2CC2)C1. The highest BCUT2D eigenvalue weighted by Crippen LogP contribution is 2.30. The normalized spacial score (nSPS) is 21.0. The molecule has 2 fully saturated rings. The number of hydrogen-bond acceptors (Lipinski definition) is 3. The van der Waals surface area contributed by atoms with Crippen LogP contribution < -0.4 is 15.4 Å². The first-order valence-electron chi connectivity index (χ1n) is 10.1. The Hall–Kier alpha value is -1.75. The minimum absolute atomic E-state index is 0.713. The predicted molar refractivity (Wildman–Crippen MR) is 108 cm³/mol. The maximum absolute atomic E-state index is 6.07. The maximum Gasteiger partial charge on any atom is 0.191 e. The van der Waals surface area contributed by atoms with Crippen molar-refractivity contribution >= 4 is 5.96 Å². The number of nitrogens with one attached hydrogen (secondary N) is 2. The summed E-state index contributed by atoms with van der Waals surface area (Å²) in [5, 5.41) is 6.93. The number of aliphatic imine (C=N–C) groups is 1. The van der Waals surface area contributed by atoms with Crippen LogP contribution in [0.4, 0.5) is 0 Å². The molecule has 26 heavy (non-hydrogen) atoms. The Bertz CT molecular complexity index is 612. The van der Waals surface area contributed by atoms with Gasteiger partial charge < -0.3 is 20.3 Å². The van der Waals surface area contributed by atoms with Crippen molar-refractivity contribution in [3.8, 4) is 5.75 Å². The van der Waals surface area contributed by atoms with Gasteiger partial charge in [-0.1, -0.05) is 19.1 Å². The lowest BCUT2D eigenvalue weighted by atomic mass is 10.1. The van der Waals surface area contributed by atoms with Crippen molar-refractivity contribution in [1.29, 1.82) is 0 Å². The lowest BCUT2D eigenvalue weighted by Gasteiger charge is -2.17. The van der Waals surface area contributed by atoms with Crippen LogP contribution in [0.5, 0.6) is 5.75 Å². The summed E-state index contributed by atoms with van der Waals surface area (Å²) in [6, 6.07) is 6.45. The van der Waals surface area contributed by atoms with E-state index in [1.807, 2.05) is 7.05 Å². The van der Waals surface area contributed by atoms with Crippen molar-refractivity contribution in [2.45, 2.75) is 39.7 Å². The standard InChI is InChI=1S/C21H34N4O/c1-4-25-10-9-18(14-25)12-23-21(22-3)24-13-19-8-5-16(2)11-20(19)26-15-17-6-7-17/h5,8,11,17-18H,4,6-7,9-10,12-15H2,1-3H3,(H2,22,23,24). The van der Waals surface area contributed by atoms with Crippen molar-refractivity contribution in [3.05, 3.63) is 29.3 Å². The first-order chi connectivity index (χ1) is 12.7. The van der Waals surface area contributed by atoms with E-state index in [2.05, 4.69) is 52.6 Å². The highest BCUT2D eigenvalue weighted by atomic mass is 16.5. The number of ether oxygens (including phenoxy) is 1. The Kier molecular flexibility index (Phi) is 6.78. The van der Waals surface area contributed by atoms with Gasteiger partial charge in [-0.2, -0.15) is 0 Å². The van der Waals surface area contributed by atoms with Crippen LogP contribution in [-0.2, 0) is 6.54 Å². The van der Waals surface area contributed by atoms with E-state index in [9.17, 15) is 0 Å². The first kappa shape index (κ1) is 19.0. The predicted octanol–water partition coefficient (Wildman–Crippen LogP) is 2.79. The summed E-state index contributed by atoms with van der Waals surface area (Å²) in [6.45, 7) is 10.5. The number of rotatable bonds is 8. The van der Waals surface area contributed by atoms with Crippen LogP contribution >= 0.6 is 0 Å². The largest absolute Gasteiger partial charge is 0.493 e. The zero-order chi connectivity index (χ0) is 18.4. The molecule has 0 aromatic heterocycles. The van der Waals surface area contributed by atoms with Crippen LogP contribution in [0, 0.1) is 18.8 Å². The fourth-order valence-electron chi connectivity index (χ4n) is 3.44. The van der Waals surface area contributed by atoms with Gasteiger partial charge in [0.05, 0.1) is 6.61 Å². The lowest BCUT2D eigenvalue weighted by molar-refractivity contribution is 0.296. The molecular weight excluding hydrogens is 324 g/mol. The quantitative estimate of drug-likeness (QED) is 0.554. The van der Waals surface area contributed by atoms with Crippen LogP contribution in [-0.4, -0.2) is 50.7 Å². The van der Waals surface area contributed by atoms with E-state index in [1.54, 1.807) is 0 Å². The van der Waals surface area contributed by atoms with Gasteiger partial charge in [0, 0.05) is 32.2 Å². The fourth-order valence-corrected chi connectivity index (χ4v) is 3.44. The average Bonchev–Trinajstić information content (AvgIpc) is 3.37. The number of likely N-dealkylation sites (tertiary alicyclic amines) is 1. The average molecular weight is 359 g/mol. The maximum atomic E-state index is 6.07. The molecule has 144 valence electrons. The number of aryl methyl sites for hydroxylation is 1. The van der Waals surface area contributed by atoms with Gasteiger partial charge in [0.15, 0.2) is 5.96 Å². The van der Waals surface area contributed by atoms with Gasteiger partial charge in [0.2, 0.25) is 0 Å². The van der Waals surface area contributed by atoms with E-state index in [4.69, 9.17) is 4.74 Å². The molecule has 1 aliphatic carbocycles. The summed E-state index contributed by atoms with van der Waals surface area (Å²) in [6.07, 6.45) is 3.90. The van der Waals surface area contributed by atoms with Crippen molar-refractivity contribution in [2.24, 2.45) is 16.8 Å². The smallest absolute Gasteiger partial charge is 0.191 e. The first-order valence-corrected chi connectivity index (χ1v) is 10.1. The second kappa shape index (κ2) is 9.26. The molecule has 0 radical (unpaired) electrons. The van der Waals surface area contributed by atoms with Gasteiger partial charge >= 0.3 is 0 Å². The molecular formula is C21H34N4O. The van der Waals surface area contributed by atoms with E-state index in [-0.39, 0.29) is 0 Å². The van der Waals surface area contributed by atoms with E-state index in [1.165, 1.54) is 43.5 Å². The molecule has 0 spiro atoms.